The summed E-state index contributed by atoms with van der Waals surface area (Å²) in [6.07, 6.45) is 4.11. The molecule has 0 radical (unpaired) electrons. The molecule has 3 nitrogen and oxygen atoms in total. The van der Waals surface area contributed by atoms with E-state index in [1.807, 2.05) is 41.8 Å². The topological polar surface area (TPSA) is 28.2 Å². The van der Waals surface area contributed by atoms with Crippen LogP contribution < -0.4 is 5.32 Å². The Bertz CT molecular complexity index is 1060. The number of thiophene rings is 1. The van der Waals surface area contributed by atoms with E-state index >= 15 is 0 Å². The van der Waals surface area contributed by atoms with Crippen LogP contribution >= 0.6 is 22.9 Å². The third-order valence-corrected chi connectivity index (χ3v) is 6.40. The Morgan fingerprint density at radius 1 is 1.07 bits per heavy atom. The lowest BCUT2D eigenvalue weighted by Crippen LogP contribution is -2.26. The molecule has 2 aromatic heterocycles. The highest BCUT2D eigenvalue weighted by atomic mass is 35.5. The SMILES string of the molecule is CCCN(CCCNc1ccnc2cc(Cl)ccc12)Cc1cc2ccccc2s1. The number of nitrogens with one attached hydrogen (secondary N) is 1. The number of anilines is 1. The summed E-state index contributed by atoms with van der Waals surface area (Å²) in [5.41, 5.74) is 2.05. The number of benzene rings is 2. The molecule has 1 N–H and O–H groups in total. The highest BCUT2D eigenvalue weighted by Gasteiger charge is 2.09. The number of pyridine rings is 1. The zero-order chi connectivity index (χ0) is 20.1. The van der Waals surface area contributed by atoms with Gasteiger partial charge in [0.25, 0.3) is 0 Å². The van der Waals surface area contributed by atoms with E-state index in [0.717, 1.165) is 54.2 Å². The van der Waals surface area contributed by atoms with Crippen LogP contribution in [0.15, 0.2) is 60.8 Å². The molecule has 0 aliphatic carbocycles. The summed E-state index contributed by atoms with van der Waals surface area (Å²) in [6, 6.07) is 18.9. The molecule has 0 amide bonds. The fraction of sp³-hybridized carbons (Fsp3) is 0.292. The van der Waals surface area contributed by atoms with E-state index in [4.69, 9.17) is 11.6 Å². The van der Waals surface area contributed by atoms with Crippen LogP contribution in [-0.2, 0) is 6.54 Å². The van der Waals surface area contributed by atoms with E-state index in [2.05, 4.69) is 52.5 Å². The molecular formula is C24H26ClN3S. The Morgan fingerprint density at radius 3 is 2.83 bits per heavy atom. The first-order chi connectivity index (χ1) is 14.2. The summed E-state index contributed by atoms with van der Waals surface area (Å²) in [5, 5.41) is 6.78. The molecule has 0 saturated carbocycles. The maximum atomic E-state index is 6.09. The fourth-order valence-corrected chi connectivity index (χ4v) is 5.00. The molecule has 0 aliphatic rings. The zero-order valence-corrected chi connectivity index (χ0v) is 18.3. The minimum absolute atomic E-state index is 0.721. The summed E-state index contributed by atoms with van der Waals surface area (Å²) in [5.74, 6) is 0. The number of fused-ring (bicyclic) bond motifs is 2. The average Bonchev–Trinajstić information content (AvgIpc) is 3.13. The highest BCUT2D eigenvalue weighted by molar-refractivity contribution is 7.19. The van der Waals surface area contributed by atoms with Crippen molar-refractivity contribution in [3.8, 4) is 0 Å². The van der Waals surface area contributed by atoms with Gasteiger partial charge in [0.1, 0.15) is 0 Å². The summed E-state index contributed by atoms with van der Waals surface area (Å²) >= 11 is 8.00. The first-order valence-corrected chi connectivity index (χ1v) is 11.4. The Hall–Kier alpha value is -2.14. The van der Waals surface area contributed by atoms with Crippen molar-refractivity contribution in [1.29, 1.82) is 0 Å². The van der Waals surface area contributed by atoms with Crippen molar-refractivity contribution in [1.82, 2.24) is 9.88 Å². The van der Waals surface area contributed by atoms with Gasteiger partial charge in [0.05, 0.1) is 5.52 Å². The van der Waals surface area contributed by atoms with Crippen molar-refractivity contribution in [3.05, 3.63) is 70.7 Å². The Morgan fingerprint density at radius 2 is 1.97 bits per heavy atom. The van der Waals surface area contributed by atoms with Crippen LogP contribution in [0.25, 0.3) is 21.0 Å². The summed E-state index contributed by atoms with van der Waals surface area (Å²) in [4.78, 5) is 8.43. The Balaban J connectivity index is 1.34. The molecule has 0 unspecified atom stereocenters. The van der Waals surface area contributed by atoms with Gasteiger partial charge in [-0.3, -0.25) is 9.88 Å². The van der Waals surface area contributed by atoms with E-state index in [1.54, 1.807) is 0 Å². The largest absolute Gasteiger partial charge is 0.384 e. The van der Waals surface area contributed by atoms with Gasteiger partial charge in [-0.25, -0.2) is 0 Å². The van der Waals surface area contributed by atoms with Gasteiger partial charge in [-0.1, -0.05) is 36.7 Å². The third kappa shape index (κ3) is 5.08. The van der Waals surface area contributed by atoms with Crippen molar-refractivity contribution in [3.63, 3.8) is 0 Å². The fourth-order valence-electron chi connectivity index (χ4n) is 3.72. The first-order valence-electron chi connectivity index (χ1n) is 10.2. The lowest BCUT2D eigenvalue weighted by Gasteiger charge is -2.21. The van der Waals surface area contributed by atoms with Gasteiger partial charge in [0.15, 0.2) is 0 Å². The van der Waals surface area contributed by atoms with Crippen molar-refractivity contribution in [2.75, 3.05) is 25.0 Å². The predicted octanol–water partition coefficient (Wildman–Crippen LogP) is 6.82. The highest BCUT2D eigenvalue weighted by Crippen LogP contribution is 2.27. The van der Waals surface area contributed by atoms with Crippen LogP contribution in [-0.4, -0.2) is 29.5 Å². The maximum Gasteiger partial charge on any atom is 0.0737 e. The predicted molar refractivity (Wildman–Crippen MR) is 127 cm³/mol. The first kappa shape index (κ1) is 20.1. The van der Waals surface area contributed by atoms with Crippen molar-refractivity contribution < 1.29 is 0 Å². The number of halogens is 1. The molecule has 0 fully saturated rings. The van der Waals surface area contributed by atoms with E-state index < -0.39 is 0 Å². The van der Waals surface area contributed by atoms with Gasteiger partial charge in [0, 0.05) is 51.5 Å². The van der Waals surface area contributed by atoms with Gasteiger partial charge < -0.3 is 5.32 Å². The van der Waals surface area contributed by atoms with Crippen LogP contribution in [0.3, 0.4) is 0 Å². The molecule has 0 spiro atoms. The van der Waals surface area contributed by atoms with E-state index in [1.165, 1.54) is 21.4 Å². The van der Waals surface area contributed by atoms with Gasteiger partial charge in [-0.2, -0.15) is 0 Å². The second-order valence-corrected chi connectivity index (χ2v) is 8.93. The van der Waals surface area contributed by atoms with Gasteiger partial charge >= 0.3 is 0 Å². The molecule has 2 heterocycles. The monoisotopic (exact) mass is 423 g/mol. The molecule has 5 heteroatoms. The third-order valence-electron chi connectivity index (χ3n) is 5.07. The molecule has 29 heavy (non-hydrogen) atoms. The number of nitrogens with zero attached hydrogens (tertiary/aromatic N) is 2. The molecule has 0 saturated heterocycles. The summed E-state index contributed by atoms with van der Waals surface area (Å²) in [6.45, 7) is 6.44. The Labute approximate surface area is 181 Å². The second kappa shape index (κ2) is 9.57. The van der Waals surface area contributed by atoms with Crippen LogP contribution in [0.2, 0.25) is 5.02 Å². The van der Waals surface area contributed by atoms with Crippen LogP contribution in [0.4, 0.5) is 5.69 Å². The second-order valence-electron chi connectivity index (χ2n) is 7.33. The molecule has 0 atom stereocenters. The van der Waals surface area contributed by atoms with E-state index in [9.17, 15) is 0 Å². The molecule has 4 aromatic rings. The summed E-state index contributed by atoms with van der Waals surface area (Å²) < 4.78 is 1.38. The molecule has 0 bridgehead atoms. The number of rotatable bonds is 9. The molecule has 4 rings (SSSR count). The molecule has 2 aromatic carbocycles. The molecule has 0 aliphatic heterocycles. The normalized spacial score (nSPS) is 11.6. The smallest absolute Gasteiger partial charge is 0.0737 e. The minimum Gasteiger partial charge on any atom is -0.384 e. The lowest BCUT2D eigenvalue weighted by atomic mass is 10.2. The minimum atomic E-state index is 0.721. The van der Waals surface area contributed by atoms with Gasteiger partial charge in [0.2, 0.25) is 0 Å². The molecular weight excluding hydrogens is 398 g/mol. The number of hydrogen-bond donors (Lipinski definition) is 1. The van der Waals surface area contributed by atoms with Crippen LogP contribution in [0.5, 0.6) is 0 Å². The number of hydrogen-bond acceptors (Lipinski definition) is 4. The average molecular weight is 424 g/mol. The van der Waals surface area contributed by atoms with Gasteiger partial charge in [-0.15, -0.1) is 11.3 Å². The number of aromatic nitrogens is 1. The molecule has 150 valence electrons. The zero-order valence-electron chi connectivity index (χ0n) is 16.7. The Kier molecular flexibility index (Phi) is 6.65. The lowest BCUT2D eigenvalue weighted by molar-refractivity contribution is 0.267. The van der Waals surface area contributed by atoms with Gasteiger partial charge in [-0.05, 0) is 61.2 Å². The van der Waals surface area contributed by atoms with Crippen molar-refractivity contribution in [2.45, 2.75) is 26.3 Å². The quantitative estimate of drug-likeness (QED) is 0.299. The standard InChI is InChI=1S/C24H26ClN3S/c1-2-13-28(17-20-15-18-6-3-4-7-24(18)29-20)14-5-11-26-22-10-12-27-23-16-19(25)8-9-21(22)23/h3-4,6-10,12,15-16H,2,5,11,13-14,17H2,1H3,(H,26,27). The summed E-state index contributed by atoms with van der Waals surface area (Å²) in [7, 11) is 0. The van der Waals surface area contributed by atoms with E-state index in [0.29, 0.717) is 0 Å². The van der Waals surface area contributed by atoms with E-state index in [-0.39, 0.29) is 0 Å². The maximum absolute atomic E-state index is 6.09. The van der Waals surface area contributed by atoms with Crippen molar-refractivity contribution >= 4 is 49.6 Å². The van der Waals surface area contributed by atoms with Crippen LogP contribution in [0, 0.1) is 0 Å². The van der Waals surface area contributed by atoms with Crippen LogP contribution in [0.1, 0.15) is 24.6 Å². The van der Waals surface area contributed by atoms with Crippen molar-refractivity contribution in [2.24, 2.45) is 0 Å².